The van der Waals surface area contributed by atoms with E-state index in [1.54, 1.807) is 0 Å². The van der Waals surface area contributed by atoms with Crippen molar-refractivity contribution in [3.8, 4) is 0 Å². The Labute approximate surface area is 70.0 Å². The van der Waals surface area contributed by atoms with Gasteiger partial charge in [-0.1, -0.05) is 13.3 Å². The molecular weight excluding hydrogens is 138 g/mol. The number of hydrogen-bond acceptors (Lipinski definition) is 1. The van der Waals surface area contributed by atoms with Crippen LogP contribution in [0.5, 0.6) is 0 Å². The Kier molecular flexibility index (Phi) is 9.85. The average Bonchev–Trinajstić information content (AvgIpc) is 2.03. The second-order valence-corrected chi connectivity index (χ2v) is 2.81. The van der Waals surface area contributed by atoms with Gasteiger partial charge in [-0.05, 0) is 25.7 Å². The third kappa shape index (κ3) is 9.92. The van der Waals surface area contributed by atoms with Gasteiger partial charge in [0.2, 0.25) is 0 Å². The van der Waals surface area contributed by atoms with Crippen LogP contribution in [-0.4, -0.2) is 24.8 Å². The summed E-state index contributed by atoms with van der Waals surface area (Å²) in [5.74, 6) is 0. The Morgan fingerprint density at radius 3 is 2.36 bits per heavy atom. The summed E-state index contributed by atoms with van der Waals surface area (Å²) < 4.78 is 0. The van der Waals surface area contributed by atoms with Gasteiger partial charge >= 0.3 is 0 Å². The quantitative estimate of drug-likeness (QED) is 0.534. The molecule has 0 bridgehead atoms. The Morgan fingerprint density at radius 2 is 1.73 bits per heavy atom. The Balaban J connectivity index is 2.69. The van der Waals surface area contributed by atoms with Gasteiger partial charge in [-0.2, -0.15) is 0 Å². The number of hydrogen-bond donors (Lipinski definition) is 1. The summed E-state index contributed by atoms with van der Waals surface area (Å²) in [5.41, 5.74) is 0. The molecule has 0 unspecified atom stereocenters. The number of nitrogens with zero attached hydrogens (tertiary/aromatic N) is 1. The summed E-state index contributed by atoms with van der Waals surface area (Å²) in [6.45, 7) is 4.52. The summed E-state index contributed by atoms with van der Waals surface area (Å²) in [4.78, 5) is 0. The molecule has 0 aromatic rings. The summed E-state index contributed by atoms with van der Waals surface area (Å²) in [5, 5.41) is 12.8. The van der Waals surface area contributed by atoms with Crippen molar-refractivity contribution in [2.45, 2.75) is 39.0 Å². The van der Waals surface area contributed by atoms with Crippen molar-refractivity contribution < 1.29 is 5.11 Å². The normalized spacial score (nSPS) is 10.4. The lowest BCUT2D eigenvalue weighted by molar-refractivity contribution is 0.282. The van der Waals surface area contributed by atoms with Gasteiger partial charge in [0.1, 0.15) is 0 Å². The third-order valence-electron chi connectivity index (χ3n) is 1.64. The van der Waals surface area contributed by atoms with Crippen molar-refractivity contribution in [3.05, 3.63) is 0 Å². The van der Waals surface area contributed by atoms with Gasteiger partial charge in [0, 0.05) is 19.7 Å². The highest BCUT2D eigenvalue weighted by Gasteiger charge is 1.88. The molecule has 1 radical (unpaired) electrons. The van der Waals surface area contributed by atoms with Gasteiger partial charge in [-0.15, -0.1) is 0 Å². The molecule has 0 aliphatic carbocycles. The largest absolute Gasteiger partial charge is 0.396 e. The maximum Gasteiger partial charge on any atom is 0.0431 e. The van der Waals surface area contributed by atoms with E-state index in [4.69, 9.17) is 5.11 Å². The van der Waals surface area contributed by atoms with Crippen molar-refractivity contribution in [1.82, 2.24) is 5.32 Å². The lowest BCUT2D eigenvalue weighted by Crippen LogP contribution is -2.08. The molecule has 0 aromatic carbocycles. The predicted octanol–water partition coefficient (Wildman–Crippen LogP) is 1.55. The molecule has 0 fully saturated rings. The monoisotopic (exact) mass is 158 g/mol. The average molecular weight is 158 g/mol. The molecule has 0 rings (SSSR count). The van der Waals surface area contributed by atoms with Crippen LogP contribution in [0.4, 0.5) is 0 Å². The second-order valence-electron chi connectivity index (χ2n) is 2.81. The first-order valence-electron chi connectivity index (χ1n) is 4.66. The van der Waals surface area contributed by atoms with E-state index in [9.17, 15) is 0 Å². The highest BCUT2D eigenvalue weighted by molar-refractivity contribution is 4.47. The summed E-state index contributed by atoms with van der Waals surface area (Å²) in [7, 11) is 0. The van der Waals surface area contributed by atoms with E-state index in [0.29, 0.717) is 6.61 Å². The highest BCUT2D eigenvalue weighted by Crippen LogP contribution is 1.93. The van der Waals surface area contributed by atoms with Crippen LogP contribution in [0.3, 0.4) is 0 Å². The topological polar surface area (TPSA) is 34.3 Å². The van der Waals surface area contributed by atoms with Gasteiger partial charge in [0.05, 0.1) is 0 Å². The summed E-state index contributed by atoms with van der Waals surface area (Å²) in [6.07, 6.45) is 5.65. The third-order valence-corrected chi connectivity index (χ3v) is 1.64. The zero-order valence-corrected chi connectivity index (χ0v) is 7.55. The number of unbranched alkanes of at least 4 members (excludes halogenated alkanes) is 3. The molecule has 0 aromatic heterocycles. The van der Waals surface area contributed by atoms with Gasteiger partial charge in [0.25, 0.3) is 0 Å². The molecule has 0 saturated heterocycles. The molecule has 0 aliphatic rings. The van der Waals surface area contributed by atoms with Gasteiger partial charge in [-0.3, -0.25) is 0 Å². The van der Waals surface area contributed by atoms with E-state index in [1.165, 1.54) is 12.8 Å². The van der Waals surface area contributed by atoms with Crippen molar-refractivity contribution in [1.29, 1.82) is 0 Å². The van der Waals surface area contributed by atoms with Crippen molar-refractivity contribution >= 4 is 0 Å². The molecule has 1 N–H and O–H groups in total. The fraction of sp³-hybridized carbons (Fsp3) is 1.00. The van der Waals surface area contributed by atoms with Gasteiger partial charge in [0.15, 0.2) is 0 Å². The second kappa shape index (κ2) is 9.92. The predicted molar refractivity (Wildman–Crippen MR) is 47.7 cm³/mol. The Morgan fingerprint density at radius 1 is 1.00 bits per heavy atom. The zero-order valence-electron chi connectivity index (χ0n) is 7.55. The minimum absolute atomic E-state index is 0.328. The first kappa shape index (κ1) is 10.9. The molecule has 2 heteroatoms. The van der Waals surface area contributed by atoms with Crippen LogP contribution in [0, 0.1) is 0 Å². The standard InChI is InChI=1S/C9H20NO/c1-2-3-7-10-8-5-4-6-9-11/h11H,2-9H2,1H3. The van der Waals surface area contributed by atoms with Crippen molar-refractivity contribution in [2.75, 3.05) is 19.7 Å². The van der Waals surface area contributed by atoms with Crippen LogP contribution < -0.4 is 5.32 Å². The van der Waals surface area contributed by atoms with E-state index in [2.05, 4.69) is 12.2 Å². The molecule has 67 valence electrons. The molecule has 0 saturated carbocycles. The first-order valence-corrected chi connectivity index (χ1v) is 4.66. The van der Waals surface area contributed by atoms with E-state index in [1.807, 2.05) is 0 Å². The smallest absolute Gasteiger partial charge is 0.0431 e. The SMILES string of the molecule is CCCC[N]CCCCCO. The minimum atomic E-state index is 0.328. The van der Waals surface area contributed by atoms with Crippen LogP contribution >= 0.6 is 0 Å². The molecule has 0 amide bonds. The van der Waals surface area contributed by atoms with E-state index in [0.717, 1.165) is 32.4 Å². The van der Waals surface area contributed by atoms with Crippen LogP contribution in [0.15, 0.2) is 0 Å². The Bertz CT molecular complexity index is 58.6. The van der Waals surface area contributed by atoms with E-state index < -0.39 is 0 Å². The number of aliphatic hydroxyl groups is 1. The number of rotatable bonds is 8. The van der Waals surface area contributed by atoms with Gasteiger partial charge < -0.3 is 5.11 Å². The molecule has 0 heterocycles. The van der Waals surface area contributed by atoms with Crippen LogP contribution in [-0.2, 0) is 0 Å². The van der Waals surface area contributed by atoms with E-state index in [-0.39, 0.29) is 0 Å². The Hall–Kier alpha value is -0.0800. The number of aliphatic hydroxyl groups excluding tert-OH is 1. The summed E-state index contributed by atoms with van der Waals surface area (Å²) in [6, 6.07) is 0. The lowest BCUT2D eigenvalue weighted by Gasteiger charge is -1.99. The highest BCUT2D eigenvalue weighted by atomic mass is 16.2. The fourth-order valence-corrected chi connectivity index (χ4v) is 0.894. The van der Waals surface area contributed by atoms with E-state index >= 15 is 0 Å². The lowest BCUT2D eigenvalue weighted by atomic mass is 10.2. The maximum atomic E-state index is 8.48. The van der Waals surface area contributed by atoms with Gasteiger partial charge in [-0.25, -0.2) is 5.32 Å². The zero-order chi connectivity index (χ0) is 8.36. The van der Waals surface area contributed by atoms with Crippen LogP contribution in [0.25, 0.3) is 0 Å². The minimum Gasteiger partial charge on any atom is -0.396 e. The van der Waals surface area contributed by atoms with Crippen LogP contribution in [0.1, 0.15) is 39.0 Å². The molecule has 0 spiro atoms. The summed E-state index contributed by atoms with van der Waals surface area (Å²) >= 11 is 0. The molecule has 0 aliphatic heterocycles. The molecule has 2 nitrogen and oxygen atoms in total. The fourth-order valence-electron chi connectivity index (χ4n) is 0.894. The molecule has 11 heavy (non-hydrogen) atoms. The molecule has 0 atom stereocenters. The maximum absolute atomic E-state index is 8.48. The molecular formula is C9H20NO. The van der Waals surface area contributed by atoms with Crippen molar-refractivity contribution in [2.24, 2.45) is 0 Å². The first-order chi connectivity index (χ1) is 5.41. The van der Waals surface area contributed by atoms with Crippen LogP contribution in [0.2, 0.25) is 0 Å². The van der Waals surface area contributed by atoms with Crippen molar-refractivity contribution in [3.63, 3.8) is 0 Å².